The summed E-state index contributed by atoms with van der Waals surface area (Å²) in [6, 6.07) is 4.56. The Bertz CT molecular complexity index is 1070. The van der Waals surface area contributed by atoms with E-state index in [0.717, 1.165) is 0 Å². The molecule has 152 valence electrons. The van der Waals surface area contributed by atoms with Gasteiger partial charge in [0.15, 0.2) is 0 Å². The summed E-state index contributed by atoms with van der Waals surface area (Å²) in [5.41, 5.74) is 0.0986. The number of imidazole rings is 1. The number of amides is 1. The van der Waals surface area contributed by atoms with Crippen LogP contribution < -0.4 is 5.69 Å². The van der Waals surface area contributed by atoms with Crippen molar-refractivity contribution in [1.29, 1.82) is 0 Å². The van der Waals surface area contributed by atoms with E-state index in [1.165, 1.54) is 16.4 Å². The van der Waals surface area contributed by atoms with Crippen molar-refractivity contribution in [3.05, 3.63) is 28.7 Å². The summed E-state index contributed by atoms with van der Waals surface area (Å²) in [5, 5.41) is 0. The van der Waals surface area contributed by atoms with Gasteiger partial charge in [0.05, 0.1) is 15.9 Å². The van der Waals surface area contributed by atoms with E-state index < -0.39 is 15.6 Å². The highest BCUT2D eigenvalue weighted by atomic mass is 32.2. The minimum Gasteiger partial charge on any atom is -0.444 e. The quantitative estimate of drug-likeness (QED) is 0.778. The van der Waals surface area contributed by atoms with Crippen molar-refractivity contribution in [2.75, 3.05) is 26.2 Å². The van der Waals surface area contributed by atoms with Gasteiger partial charge in [-0.25, -0.2) is 18.0 Å². The van der Waals surface area contributed by atoms with Gasteiger partial charge in [0.2, 0.25) is 10.0 Å². The van der Waals surface area contributed by atoms with Crippen LogP contribution in [0, 0.1) is 11.8 Å². The maximum atomic E-state index is 13.0. The number of nitrogens with one attached hydrogen (secondary N) is 2. The first-order valence-electron chi connectivity index (χ1n) is 9.23. The van der Waals surface area contributed by atoms with Crippen molar-refractivity contribution in [2.45, 2.75) is 31.3 Å². The lowest BCUT2D eigenvalue weighted by Gasteiger charge is -2.26. The third-order valence-corrected chi connectivity index (χ3v) is 7.06. The van der Waals surface area contributed by atoms with Gasteiger partial charge in [0.1, 0.15) is 5.60 Å². The molecular weight excluding hydrogens is 384 g/mol. The average Bonchev–Trinajstić information content (AvgIpc) is 3.23. The fourth-order valence-corrected chi connectivity index (χ4v) is 5.52. The van der Waals surface area contributed by atoms with E-state index in [0.29, 0.717) is 37.2 Å². The topological polar surface area (TPSA) is 116 Å². The van der Waals surface area contributed by atoms with Crippen LogP contribution in [0.5, 0.6) is 0 Å². The van der Waals surface area contributed by atoms with Gasteiger partial charge in [-0.1, -0.05) is 0 Å². The lowest BCUT2D eigenvalue weighted by molar-refractivity contribution is 0.0279. The van der Waals surface area contributed by atoms with Crippen molar-refractivity contribution in [3.63, 3.8) is 0 Å². The predicted octanol–water partition coefficient (Wildman–Crippen LogP) is 1.34. The zero-order chi connectivity index (χ0) is 20.3. The van der Waals surface area contributed by atoms with Crippen LogP contribution >= 0.6 is 0 Å². The summed E-state index contributed by atoms with van der Waals surface area (Å²) >= 11 is 0. The number of likely N-dealkylation sites (tertiary alicyclic amines) is 1. The van der Waals surface area contributed by atoms with E-state index in [-0.39, 0.29) is 28.5 Å². The Kier molecular flexibility index (Phi) is 4.31. The molecule has 0 spiro atoms. The molecule has 2 aromatic rings. The molecule has 4 rings (SSSR count). The number of hydrogen-bond donors (Lipinski definition) is 2. The molecule has 2 atom stereocenters. The molecule has 1 amide bonds. The number of aromatic amines is 2. The van der Waals surface area contributed by atoms with Crippen LogP contribution in [0.4, 0.5) is 4.79 Å². The van der Waals surface area contributed by atoms with E-state index in [2.05, 4.69) is 9.97 Å². The minimum atomic E-state index is -3.67. The summed E-state index contributed by atoms with van der Waals surface area (Å²) in [6.07, 6.45) is -0.349. The Hall–Kier alpha value is -2.33. The lowest BCUT2D eigenvalue weighted by Crippen LogP contribution is -2.38. The van der Waals surface area contributed by atoms with Gasteiger partial charge in [-0.3, -0.25) is 0 Å². The Morgan fingerprint density at radius 1 is 1.07 bits per heavy atom. The number of hydrogen-bond acceptors (Lipinski definition) is 5. The number of rotatable bonds is 2. The highest BCUT2D eigenvalue weighted by Crippen LogP contribution is 2.35. The third kappa shape index (κ3) is 3.42. The number of benzene rings is 1. The zero-order valence-corrected chi connectivity index (χ0v) is 16.9. The van der Waals surface area contributed by atoms with Crippen LogP contribution in [0.25, 0.3) is 11.0 Å². The van der Waals surface area contributed by atoms with Gasteiger partial charge in [-0.15, -0.1) is 0 Å². The van der Waals surface area contributed by atoms with E-state index in [9.17, 15) is 18.0 Å². The number of sulfonamides is 1. The molecule has 9 nitrogen and oxygen atoms in total. The number of carbonyl (C=O) groups is 1. The first-order chi connectivity index (χ1) is 13.0. The molecule has 28 heavy (non-hydrogen) atoms. The molecule has 2 N–H and O–H groups in total. The number of aromatic nitrogens is 2. The van der Waals surface area contributed by atoms with Gasteiger partial charge in [-0.05, 0) is 50.8 Å². The molecule has 1 aromatic carbocycles. The van der Waals surface area contributed by atoms with E-state index in [4.69, 9.17) is 4.74 Å². The predicted molar refractivity (Wildman–Crippen MR) is 102 cm³/mol. The molecule has 0 bridgehead atoms. The fraction of sp³-hybridized carbons (Fsp3) is 0.556. The van der Waals surface area contributed by atoms with Gasteiger partial charge in [0, 0.05) is 26.2 Å². The lowest BCUT2D eigenvalue weighted by atomic mass is 10.0. The first kappa shape index (κ1) is 19.0. The van der Waals surface area contributed by atoms with Crippen molar-refractivity contribution in [3.8, 4) is 0 Å². The highest BCUT2D eigenvalue weighted by molar-refractivity contribution is 7.89. The molecule has 0 saturated carbocycles. The normalized spacial score (nSPS) is 23.3. The van der Waals surface area contributed by atoms with Crippen LogP contribution in [0.2, 0.25) is 0 Å². The van der Waals surface area contributed by atoms with Crippen LogP contribution in [0.15, 0.2) is 27.9 Å². The minimum absolute atomic E-state index is 0.0955. The largest absolute Gasteiger partial charge is 0.444 e. The second-order valence-corrected chi connectivity index (χ2v) is 10.5. The van der Waals surface area contributed by atoms with Crippen molar-refractivity contribution >= 4 is 27.1 Å². The van der Waals surface area contributed by atoms with Crippen LogP contribution in [-0.4, -0.2) is 65.5 Å². The fourth-order valence-electron chi connectivity index (χ4n) is 3.94. The second-order valence-electron chi connectivity index (χ2n) is 8.51. The van der Waals surface area contributed by atoms with Crippen molar-refractivity contribution in [2.24, 2.45) is 11.8 Å². The molecule has 0 unspecified atom stereocenters. The summed E-state index contributed by atoms with van der Waals surface area (Å²) in [7, 11) is -3.67. The molecule has 2 aliphatic heterocycles. The SMILES string of the molecule is CC(C)(C)OC(=O)N1C[C@@H]2CN(S(=O)(=O)c3ccc4[nH]c(=O)[nH]c4c3)C[C@@H]2C1. The molecule has 0 radical (unpaired) electrons. The first-order valence-corrected chi connectivity index (χ1v) is 10.7. The highest BCUT2D eigenvalue weighted by Gasteiger charge is 2.46. The number of carbonyl (C=O) groups excluding carboxylic acids is 1. The van der Waals surface area contributed by atoms with E-state index >= 15 is 0 Å². The molecule has 1 aromatic heterocycles. The molecular formula is C18H24N4O5S. The molecule has 2 fully saturated rings. The molecule has 3 heterocycles. The third-order valence-electron chi connectivity index (χ3n) is 5.23. The maximum absolute atomic E-state index is 13.0. The molecule has 2 saturated heterocycles. The molecule has 10 heteroatoms. The van der Waals surface area contributed by atoms with Gasteiger partial charge in [-0.2, -0.15) is 4.31 Å². The van der Waals surface area contributed by atoms with Crippen molar-refractivity contribution < 1.29 is 17.9 Å². The summed E-state index contributed by atoms with van der Waals surface area (Å²) in [6.45, 7) is 7.20. The van der Waals surface area contributed by atoms with E-state index in [1.807, 2.05) is 20.8 Å². The Morgan fingerprint density at radius 3 is 2.29 bits per heavy atom. The van der Waals surface area contributed by atoms with Crippen LogP contribution in [0.3, 0.4) is 0 Å². The zero-order valence-electron chi connectivity index (χ0n) is 16.1. The average molecular weight is 408 g/mol. The summed E-state index contributed by atoms with van der Waals surface area (Å²) in [4.78, 5) is 30.7. The standard InChI is InChI=1S/C18H24N4O5S/c1-18(2,3)27-17(24)21-7-11-9-22(10-12(11)8-21)28(25,26)13-4-5-14-15(6-13)20-16(23)19-14/h4-6,11-12H,7-10H2,1-3H3,(H2,19,20,23)/t11-,12+. The van der Waals surface area contributed by atoms with Gasteiger partial charge >= 0.3 is 11.8 Å². The monoisotopic (exact) mass is 408 g/mol. The van der Waals surface area contributed by atoms with Crippen LogP contribution in [-0.2, 0) is 14.8 Å². The number of H-pyrrole nitrogens is 2. The number of fused-ring (bicyclic) bond motifs is 2. The Labute approximate surface area is 162 Å². The van der Waals surface area contributed by atoms with Gasteiger partial charge < -0.3 is 19.6 Å². The van der Waals surface area contributed by atoms with E-state index in [1.54, 1.807) is 11.0 Å². The smallest absolute Gasteiger partial charge is 0.410 e. The second kappa shape index (κ2) is 6.35. The molecule has 0 aliphatic carbocycles. The van der Waals surface area contributed by atoms with Gasteiger partial charge in [0.25, 0.3) is 0 Å². The Morgan fingerprint density at radius 2 is 1.68 bits per heavy atom. The maximum Gasteiger partial charge on any atom is 0.410 e. The van der Waals surface area contributed by atoms with Crippen molar-refractivity contribution in [1.82, 2.24) is 19.2 Å². The van der Waals surface area contributed by atoms with Crippen LogP contribution in [0.1, 0.15) is 20.8 Å². The summed E-state index contributed by atoms with van der Waals surface area (Å²) < 4.78 is 33.0. The summed E-state index contributed by atoms with van der Waals surface area (Å²) in [5.74, 6) is 0.191. The number of ether oxygens (including phenoxy) is 1. The molecule has 2 aliphatic rings. The Balaban J connectivity index is 1.47. The number of nitrogens with zero attached hydrogens (tertiary/aromatic N) is 2.